The summed E-state index contributed by atoms with van der Waals surface area (Å²) in [5.41, 5.74) is 0. The van der Waals surface area contributed by atoms with E-state index in [1.54, 1.807) is 4.90 Å². The van der Waals surface area contributed by atoms with Crippen molar-refractivity contribution in [1.82, 2.24) is 10.2 Å². The summed E-state index contributed by atoms with van der Waals surface area (Å²) in [4.78, 5) is 13.0. The Morgan fingerprint density at radius 1 is 1.31 bits per heavy atom. The maximum atomic E-state index is 11.2. The average Bonchev–Trinajstić information content (AvgIpc) is 2.49. The minimum absolute atomic E-state index is 0.107. The van der Waals surface area contributed by atoms with Crippen LogP contribution in [0, 0.1) is 5.92 Å². The minimum Gasteiger partial charge on any atom is -0.333 e. The summed E-state index contributed by atoms with van der Waals surface area (Å²) in [5.74, 6) is 0.739. The van der Waals surface area contributed by atoms with Crippen molar-refractivity contribution in [3.8, 4) is 0 Å². The Balaban J connectivity index is 1.90. The number of likely N-dealkylation sites (N-methyl/N-ethyl adjacent to an activating group) is 1. The third-order valence-electron chi connectivity index (χ3n) is 3.34. The van der Waals surface area contributed by atoms with Crippen LogP contribution < -0.4 is 5.32 Å². The molecule has 1 heterocycles. The Bertz CT molecular complexity index is 199. The molecule has 1 N–H and O–H groups in total. The molecule has 2 amide bonds. The third-order valence-corrected chi connectivity index (χ3v) is 3.34. The number of nitrogens with zero attached hydrogens (tertiary/aromatic N) is 1. The number of hydrogen-bond donors (Lipinski definition) is 1. The molecule has 0 aromatic rings. The van der Waals surface area contributed by atoms with Gasteiger partial charge in [0.15, 0.2) is 0 Å². The monoisotopic (exact) mass is 182 g/mol. The zero-order valence-electron chi connectivity index (χ0n) is 8.25. The molecule has 1 aliphatic heterocycles. The van der Waals surface area contributed by atoms with Gasteiger partial charge in [0.05, 0.1) is 6.04 Å². The van der Waals surface area contributed by atoms with E-state index in [2.05, 4.69) is 5.32 Å². The largest absolute Gasteiger partial charge is 0.333 e. The average molecular weight is 182 g/mol. The van der Waals surface area contributed by atoms with Crippen LogP contribution in [0.25, 0.3) is 0 Å². The summed E-state index contributed by atoms with van der Waals surface area (Å²) in [6.45, 7) is 0.906. The van der Waals surface area contributed by atoms with Gasteiger partial charge in [-0.3, -0.25) is 0 Å². The molecule has 0 aromatic carbocycles. The Morgan fingerprint density at radius 2 is 2.00 bits per heavy atom. The van der Waals surface area contributed by atoms with Crippen molar-refractivity contribution >= 4 is 6.03 Å². The van der Waals surface area contributed by atoms with E-state index in [9.17, 15) is 4.79 Å². The van der Waals surface area contributed by atoms with Gasteiger partial charge in [0.25, 0.3) is 0 Å². The number of hydrogen-bond acceptors (Lipinski definition) is 1. The zero-order valence-corrected chi connectivity index (χ0v) is 8.25. The minimum atomic E-state index is 0.107. The van der Waals surface area contributed by atoms with E-state index in [1.807, 2.05) is 7.05 Å². The molecule has 1 unspecified atom stereocenters. The molecule has 1 atom stereocenters. The van der Waals surface area contributed by atoms with Crippen LogP contribution in [0.15, 0.2) is 0 Å². The number of nitrogens with one attached hydrogen (secondary N) is 1. The van der Waals surface area contributed by atoms with Crippen molar-refractivity contribution in [1.29, 1.82) is 0 Å². The van der Waals surface area contributed by atoms with Crippen molar-refractivity contribution in [2.45, 2.75) is 38.1 Å². The number of carbonyl (C=O) groups is 1. The fourth-order valence-electron chi connectivity index (χ4n) is 2.50. The Kier molecular flexibility index (Phi) is 2.42. The quantitative estimate of drug-likeness (QED) is 0.656. The fraction of sp³-hybridized carbons (Fsp3) is 0.900. The van der Waals surface area contributed by atoms with Crippen LogP contribution in [0.2, 0.25) is 0 Å². The molecule has 2 fully saturated rings. The zero-order chi connectivity index (χ0) is 9.26. The summed E-state index contributed by atoms with van der Waals surface area (Å²) < 4.78 is 0. The van der Waals surface area contributed by atoms with E-state index in [1.165, 1.54) is 32.1 Å². The summed E-state index contributed by atoms with van der Waals surface area (Å²) in [7, 11) is 1.87. The molecule has 3 nitrogen and oxygen atoms in total. The molecule has 2 aliphatic rings. The van der Waals surface area contributed by atoms with Crippen molar-refractivity contribution in [2.24, 2.45) is 5.92 Å². The summed E-state index contributed by atoms with van der Waals surface area (Å²) in [5, 5.41) is 3.06. The van der Waals surface area contributed by atoms with Gasteiger partial charge in [0, 0.05) is 13.6 Å². The van der Waals surface area contributed by atoms with Crippen LogP contribution in [0.4, 0.5) is 4.79 Å². The lowest BCUT2D eigenvalue weighted by Gasteiger charge is -2.26. The molecule has 2 rings (SSSR count). The van der Waals surface area contributed by atoms with Crippen molar-refractivity contribution in [3.63, 3.8) is 0 Å². The van der Waals surface area contributed by atoms with Gasteiger partial charge < -0.3 is 10.2 Å². The van der Waals surface area contributed by atoms with Crippen molar-refractivity contribution in [3.05, 3.63) is 0 Å². The van der Waals surface area contributed by atoms with Crippen molar-refractivity contribution in [2.75, 3.05) is 13.6 Å². The smallest absolute Gasteiger partial charge is 0.317 e. The van der Waals surface area contributed by atoms with E-state index in [-0.39, 0.29) is 6.03 Å². The van der Waals surface area contributed by atoms with E-state index < -0.39 is 0 Å². The molecule has 74 valence electrons. The second kappa shape index (κ2) is 3.56. The molecule has 0 spiro atoms. The van der Waals surface area contributed by atoms with Gasteiger partial charge in [0.1, 0.15) is 0 Å². The highest BCUT2D eigenvalue weighted by Gasteiger charge is 2.32. The first-order valence-corrected chi connectivity index (χ1v) is 5.29. The predicted molar refractivity (Wildman–Crippen MR) is 51.5 cm³/mol. The van der Waals surface area contributed by atoms with Gasteiger partial charge in [-0.1, -0.05) is 19.3 Å². The van der Waals surface area contributed by atoms with E-state index in [4.69, 9.17) is 0 Å². The van der Waals surface area contributed by atoms with Crippen LogP contribution in [0.1, 0.15) is 32.1 Å². The molecule has 1 saturated heterocycles. The van der Waals surface area contributed by atoms with Gasteiger partial charge in [-0.05, 0) is 18.8 Å². The highest BCUT2D eigenvalue weighted by molar-refractivity contribution is 5.76. The first kappa shape index (κ1) is 8.85. The highest BCUT2D eigenvalue weighted by Crippen LogP contribution is 2.28. The van der Waals surface area contributed by atoms with Gasteiger partial charge in [-0.15, -0.1) is 0 Å². The highest BCUT2D eigenvalue weighted by atomic mass is 16.2. The molecule has 1 saturated carbocycles. The second-order valence-corrected chi connectivity index (χ2v) is 4.33. The lowest BCUT2D eigenvalue weighted by atomic mass is 9.84. The first-order chi connectivity index (χ1) is 6.27. The van der Waals surface area contributed by atoms with Crippen LogP contribution in [0.5, 0.6) is 0 Å². The second-order valence-electron chi connectivity index (χ2n) is 4.33. The van der Waals surface area contributed by atoms with Crippen LogP contribution >= 0.6 is 0 Å². The SMILES string of the molecule is CN1CC(C2CCCCC2)NC1=O. The summed E-state index contributed by atoms with van der Waals surface area (Å²) in [6, 6.07) is 0.536. The molecule has 1 aliphatic carbocycles. The predicted octanol–water partition coefficient (Wildman–Crippen LogP) is 1.59. The van der Waals surface area contributed by atoms with Gasteiger partial charge >= 0.3 is 6.03 Å². The first-order valence-electron chi connectivity index (χ1n) is 5.29. The van der Waals surface area contributed by atoms with Crippen LogP contribution in [0.3, 0.4) is 0 Å². The summed E-state index contributed by atoms with van der Waals surface area (Å²) >= 11 is 0. The lowest BCUT2D eigenvalue weighted by Crippen LogP contribution is -2.35. The Labute approximate surface area is 79.5 Å². The van der Waals surface area contributed by atoms with Gasteiger partial charge in [-0.2, -0.15) is 0 Å². The molecule has 3 heteroatoms. The number of carbonyl (C=O) groups excluding carboxylic acids is 1. The topological polar surface area (TPSA) is 32.3 Å². The molecule has 13 heavy (non-hydrogen) atoms. The van der Waals surface area contributed by atoms with Crippen LogP contribution in [-0.2, 0) is 0 Å². The third kappa shape index (κ3) is 1.79. The Morgan fingerprint density at radius 3 is 2.54 bits per heavy atom. The van der Waals surface area contributed by atoms with E-state index >= 15 is 0 Å². The Hall–Kier alpha value is -0.730. The number of urea groups is 1. The van der Waals surface area contributed by atoms with Gasteiger partial charge in [-0.25, -0.2) is 4.79 Å². The summed E-state index contributed by atoms with van der Waals surface area (Å²) in [6.07, 6.45) is 6.69. The molecular weight excluding hydrogens is 164 g/mol. The molecule has 0 aromatic heterocycles. The molecule has 0 bridgehead atoms. The number of amides is 2. The van der Waals surface area contributed by atoms with E-state index in [0.29, 0.717) is 6.04 Å². The normalized spacial score (nSPS) is 30.7. The maximum Gasteiger partial charge on any atom is 0.317 e. The van der Waals surface area contributed by atoms with E-state index in [0.717, 1.165) is 12.5 Å². The maximum absolute atomic E-state index is 11.2. The van der Waals surface area contributed by atoms with Crippen molar-refractivity contribution < 1.29 is 4.79 Å². The lowest BCUT2D eigenvalue weighted by molar-refractivity contribution is 0.225. The standard InChI is InChI=1S/C10H18N2O/c1-12-7-9(11-10(12)13)8-5-3-2-4-6-8/h8-9H,2-7H2,1H3,(H,11,13). The van der Waals surface area contributed by atoms with Gasteiger partial charge in [0.2, 0.25) is 0 Å². The number of rotatable bonds is 1. The fourth-order valence-corrected chi connectivity index (χ4v) is 2.50. The molecular formula is C10H18N2O. The van der Waals surface area contributed by atoms with Crippen LogP contribution in [-0.4, -0.2) is 30.6 Å². The molecule has 0 radical (unpaired) electrons.